The largest absolute Gasteiger partial charge is 0.329 e. The Morgan fingerprint density at radius 1 is 1.42 bits per heavy atom. The van der Waals surface area contributed by atoms with Crippen LogP contribution in [0.25, 0.3) is 0 Å². The molecule has 0 bridgehead atoms. The summed E-state index contributed by atoms with van der Waals surface area (Å²) in [5.74, 6) is 1.08. The number of nitrogens with zero attached hydrogens (tertiary/aromatic N) is 1. The van der Waals surface area contributed by atoms with Crippen molar-refractivity contribution in [2.75, 3.05) is 25.4 Å². The van der Waals surface area contributed by atoms with Gasteiger partial charge >= 0.3 is 0 Å². The van der Waals surface area contributed by atoms with Crippen LogP contribution in [0.15, 0.2) is 24.3 Å². The molecule has 1 aromatic carbocycles. The molecule has 1 fully saturated rings. The molecule has 1 aromatic rings. The van der Waals surface area contributed by atoms with Crippen LogP contribution in [0.1, 0.15) is 30.5 Å². The molecule has 2 nitrogen and oxygen atoms in total. The average molecular weight is 286 g/mol. The lowest BCUT2D eigenvalue weighted by Gasteiger charge is -2.36. The van der Waals surface area contributed by atoms with Crippen molar-refractivity contribution in [3.63, 3.8) is 0 Å². The average Bonchev–Trinajstić information content (AvgIpc) is 2.40. The minimum atomic E-state index is -2.42. The summed E-state index contributed by atoms with van der Waals surface area (Å²) >= 11 is 1.95. The highest BCUT2D eigenvalue weighted by molar-refractivity contribution is 7.99. The monoisotopic (exact) mass is 286 g/mol. The lowest BCUT2D eigenvalue weighted by molar-refractivity contribution is 0.150. The molecule has 2 atom stereocenters. The van der Waals surface area contributed by atoms with E-state index in [1.165, 1.54) is 6.07 Å². The van der Waals surface area contributed by atoms with Gasteiger partial charge in [0.15, 0.2) is 0 Å². The smallest absolute Gasteiger partial charge is 0.263 e. The predicted octanol–water partition coefficient (Wildman–Crippen LogP) is 3.06. The van der Waals surface area contributed by atoms with E-state index in [0.717, 1.165) is 24.4 Å². The molecule has 2 N–H and O–H groups in total. The van der Waals surface area contributed by atoms with Gasteiger partial charge in [0.1, 0.15) is 0 Å². The minimum absolute atomic E-state index is 0.0436. The van der Waals surface area contributed by atoms with E-state index in [4.69, 9.17) is 5.73 Å². The molecule has 0 spiro atoms. The van der Waals surface area contributed by atoms with Crippen LogP contribution >= 0.6 is 11.8 Å². The molecule has 0 amide bonds. The SMILES string of the molecule is CC1CN(C(CN)c2cccc(C(F)F)c2)CCS1. The number of hydrogen-bond donors (Lipinski definition) is 1. The standard InChI is InChI=1S/C14H20F2N2S/c1-10-9-18(5-6-19-10)13(8-17)11-3-2-4-12(7-11)14(15)16/h2-4,7,10,13-14H,5-6,8-9,17H2,1H3. The molecule has 0 aromatic heterocycles. The Morgan fingerprint density at radius 2 is 2.16 bits per heavy atom. The second-order valence-electron chi connectivity index (χ2n) is 4.90. The zero-order valence-corrected chi connectivity index (χ0v) is 11.9. The molecule has 1 saturated heterocycles. The molecule has 19 heavy (non-hydrogen) atoms. The van der Waals surface area contributed by atoms with Gasteiger partial charge in [0.05, 0.1) is 0 Å². The highest BCUT2D eigenvalue weighted by Gasteiger charge is 2.25. The fraction of sp³-hybridized carbons (Fsp3) is 0.571. The van der Waals surface area contributed by atoms with Crippen LogP contribution in [0.2, 0.25) is 0 Å². The predicted molar refractivity (Wildman–Crippen MR) is 76.7 cm³/mol. The Labute approximate surface area is 117 Å². The molecule has 1 aliphatic heterocycles. The van der Waals surface area contributed by atoms with E-state index in [0.29, 0.717) is 11.8 Å². The van der Waals surface area contributed by atoms with Crippen molar-refractivity contribution in [3.05, 3.63) is 35.4 Å². The fourth-order valence-corrected chi connectivity index (χ4v) is 3.57. The first-order chi connectivity index (χ1) is 9.11. The van der Waals surface area contributed by atoms with Gasteiger partial charge in [-0.2, -0.15) is 11.8 Å². The van der Waals surface area contributed by atoms with Gasteiger partial charge in [0.25, 0.3) is 6.43 Å². The van der Waals surface area contributed by atoms with E-state index in [-0.39, 0.29) is 11.6 Å². The van der Waals surface area contributed by atoms with Gasteiger partial charge in [-0.3, -0.25) is 4.90 Å². The molecular formula is C14H20F2N2S. The number of benzene rings is 1. The van der Waals surface area contributed by atoms with Crippen molar-refractivity contribution >= 4 is 11.8 Å². The van der Waals surface area contributed by atoms with Gasteiger partial charge in [-0.05, 0) is 11.6 Å². The van der Waals surface area contributed by atoms with E-state index in [9.17, 15) is 8.78 Å². The van der Waals surface area contributed by atoms with Crippen molar-refractivity contribution < 1.29 is 8.78 Å². The Morgan fingerprint density at radius 3 is 2.79 bits per heavy atom. The summed E-state index contributed by atoms with van der Waals surface area (Å²) in [5.41, 5.74) is 6.85. The summed E-state index contributed by atoms with van der Waals surface area (Å²) in [6.07, 6.45) is -2.42. The van der Waals surface area contributed by atoms with Gasteiger partial charge < -0.3 is 5.73 Å². The summed E-state index contributed by atoms with van der Waals surface area (Å²) in [7, 11) is 0. The highest BCUT2D eigenvalue weighted by atomic mass is 32.2. The summed E-state index contributed by atoms with van der Waals surface area (Å²) in [6.45, 7) is 4.59. The Balaban J connectivity index is 2.18. The van der Waals surface area contributed by atoms with Crippen LogP contribution in [-0.4, -0.2) is 35.5 Å². The van der Waals surface area contributed by atoms with Crippen LogP contribution in [0.5, 0.6) is 0 Å². The van der Waals surface area contributed by atoms with Crippen LogP contribution < -0.4 is 5.73 Å². The molecule has 1 aliphatic rings. The van der Waals surface area contributed by atoms with Crippen LogP contribution in [-0.2, 0) is 0 Å². The van der Waals surface area contributed by atoms with Crippen LogP contribution in [0, 0.1) is 0 Å². The summed E-state index contributed by atoms with van der Waals surface area (Å²) < 4.78 is 25.5. The molecule has 0 radical (unpaired) electrons. The maximum atomic E-state index is 12.8. The highest BCUT2D eigenvalue weighted by Crippen LogP contribution is 2.29. The van der Waals surface area contributed by atoms with Gasteiger partial charge in [-0.15, -0.1) is 0 Å². The normalized spacial score (nSPS) is 22.7. The summed E-state index contributed by atoms with van der Waals surface area (Å²) in [4.78, 5) is 2.31. The van der Waals surface area contributed by atoms with Crippen molar-refractivity contribution in [1.82, 2.24) is 4.90 Å². The molecule has 2 rings (SSSR count). The molecule has 2 unspecified atom stereocenters. The third kappa shape index (κ3) is 3.68. The van der Waals surface area contributed by atoms with E-state index in [1.54, 1.807) is 12.1 Å². The van der Waals surface area contributed by atoms with Crippen molar-refractivity contribution in [2.45, 2.75) is 24.6 Å². The number of rotatable bonds is 4. The van der Waals surface area contributed by atoms with Gasteiger partial charge in [0, 0.05) is 42.2 Å². The molecular weight excluding hydrogens is 266 g/mol. The van der Waals surface area contributed by atoms with Gasteiger partial charge in [-0.1, -0.05) is 25.1 Å². The third-order valence-electron chi connectivity index (χ3n) is 3.48. The summed E-state index contributed by atoms with van der Waals surface area (Å²) in [6, 6.07) is 6.70. The fourth-order valence-electron chi connectivity index (χ4n) is 2.53. The Hall–Kier alpha value is -0.650. The zero-order valence-electron chi connectivity index (χ0n) is 11.1. The van der Waals surface area contributed by atoms with E-state index in [1.807, 2.05) is 17.8 Å². The second-order valence-corrected chi connectivity index (χ2v) is 6.44. The first-order valence-electron chi connectivity index (χ1n) is 6.55. The van der Waals surface area contributed by atoms with E-state index in [2.05, 4.69) is 11.8 Å². The zero-order chi connectivity index (χ0) is 13.8. The molecule has 1 heterocycles. The first-order valence-corrected chi connectivity index (χ1v) is 7.60. The van der Waals surface area contributed by atoms with E-state index >= 15 is 0 Å². The molecule has 0 aliphatic carbocycles. The van der Waals surface area contributed by atoms with Crippen molar-refractivity contribution in [3.8, 4) is 0 Å². The molecule has 0 saturated carbocycles. The van der Waals surface area contributed by atoms with Crippen LogP contribution in [0.4, 0.5) is 8.78 Å². The number of thioether (sulfide) groups is 1. The maximum absolute atomic E-state index is 12.8. The Kier molecular flexibility index (Phi) is 5.19. The lowest BCUT2D eigenvalue weighted by atomic mass is 10.0. The van der Waals surface area contributed by atoms with Gasteiger partial charge in [0.2, 0.25) is 0 Å². The second kappa shape index (κ2) is 6.68. The van der Waals surface area contributed by atoms with Crippen LogP contribution in [0.3, 0.4) is 0 Å². The topological polar surface area (TPSA) is 29.3 Å². The minimum Gasteiger partial charge on any atom is -0.329 e. The quantitative estimate of drug-likeness (QED) is 0.922. The third-order valence-corrected chi connectivity index (χ3v) is 4.62. The Bertz CT molecular complexity index is 414. The number of alkyl halides is 2. The number of hydrogen-bond acceptors (Lipinski definition) is 3. The molecule has 106 valence electrons. The van der Waals surface area contributed by atoms with Crippen molar-refractivity contribution in [2.24, 2.45) is 5.73 Å². The number of halogens is 2. The lowest BCUT2D eigenvalue weighted by Crippen LogP contribution is -2.42. The molecule has 5 heteroatoms. The maximum Gasteiger partial charge on any atom is 0.263 e. The van der Waals surface area contributed by atoms with E-state index < -0.39 is 6.43 Å². The van der Waals surface area contributed by atoms with Gasteiger partial charge in [-0.25, -0.2) is 8.78 Å². The van der Waals surface area contributed by atoms with Crippen molar-refractivity contribution in [1.29, 1.82) is 0 Å². The first kappa shape index (κ1) is 14.8. The number of nitrogens with two attached hydrogens (primary N) is 1. The summed E-state index contributed by atoms with van der Waals surface area (Å²) in [5, 5.41) is 0.570.